The zero-order valence-corrected chi connectivity index (χ0v) is 19.9. The van der Waals surface area contributed by atoms with E-state index in [0.717, 1.165) is 31.0 Å². The molecule has 0 spiro atoms. The van der Waals surface area contributed by atoms with Gasteiger partial charge in [0.15, 0.2) is 0 Å². The summed E-state index contributed by atoms with van der Waals surface area (Å²) in [4.78, 5) is 0. The minimum Gasteiger partial charge on any atom is -0.493 e. The Labute approximate surface area is 209 Å². The standard InChI is InChI=1S/C29H23F7O/c1-2-3-12-37-21-15-25(31)27(26(32)16-21)20-9-10-22-19(14-20)8-7-18(28(22)33)6-4-17-5-11-23(24(30)13-17)29(34,35)36/h5,7-11,13-16H,2-4,6,12H2,1H3. The number of fused-ring (bicyclic) bond motifs is 1. The smallest absolute Gasteiger partial charge is 0.419 e. The number of benzene rings is 4. The molecule has 0 saturated carbocycles. The molecule has 37 heavy (non-hydrogen) atoms. The van der Waals surface area contributed by atoms with Crippen molar-refractivity contribution < 1.29 is 35.5 Å². The van der Waals surface area contributed by atoms with E-state index in [0.29, 0.717) is 23.6 Å². The fourth-order valence-electron chi connectivity index (χ4n) is 4.15. The number of unbranched alkanes of at least 4 members (excludes halogenated alkanes) is 1. The molecule has 8 heteroatoms. The summed E-state index contributed by atoms with van der Waals surface area (Å²) in [7, 11) is 0. The van der Waals surface area contributed by atoms with Gasteiger partial charge in [0.1, 0.15) is 29.0 Å². The van der Waals surface area contributed by atoms with Gasteiger partial charge in [0, 0.05) is 17.5 Å². The Morgan fingerprint density at radius 3 is 2.14 bits per heavy atom. The van der Waals surface area contributed by atoms with Crippen molar-refractivity contribution in [1.29, 1.82) is 0 Å². The molecular formula is C29H23F7O. The van der Waals surface area contributed by atoms with E-state index in [9.17, 15) is 26.3 Å². The lowest BCUT2D eigenvalue weighted by molar-refractivity contribution is -0.140. The summed E-state index contributed by atoms with van der Waals surface area (Å²) in [6, 6.07) is 12.3. The molecule has 4 aromatic carbocycles. The summed E-state index contributed by atoms with van der Waals surface area (Å²) in [5.74, 6) is -3.44. The van der Waals surface area contributed by atoms with Crippen LogP contribution in [-0.2, 0) is 19.0 Å². The molecule has 0 bridgehead atoms. The van der Waals surface area contributed by atoms with Crippen molar-refractivity contribution in [1.82, 2.24) is 0 Å². The molecule has 1 nitrogen and oxygen atoms in total. The highest BCUT2D eigenvalue weighted by Crippen LogP contribution is 2.34. The minimum atomic E-state index is -4.79. The highest BCUT2D eigenvalue weighted by atomic mass is 19.4. The van der Waals surface area contributed by atoms with Crippen LogP contribution in [0.25, 0.3) is 21.9 Å². The first kappa shape index (κ1) is 26.5. The maximum atomic E-state index is 15.2. The Bertz CT molecular complexity index is 1400. The zero-order valence-electron chi connectivity index (χ0n) is 19.9. The van der Waals surface area contributed by atoms with Crippen molar-refractivity contribution in [2.75, 3.05) is 6.61 Å². The van der Waals surface area contributed by atoms with Gasteiger partial charge in [-0.25, -0.2) is 17.6 Å². The van der Waals surface area contributed by atoms with Crippen LogP contribution in [0.3, 0.4) is 0 Å². The minimum absolute atomic E-state index is 0.0941. The van der Waals surface area contributed by atoms with Crippen LogP contribution >= 0.6 is 0 Å². The van der Waals surface area contributed by atoms with Gasteiger partial charge in [-0.1, -0.05) is 43.7 Å². The third-order valence-electron chi connectivity index (χ3n) is 6.13. The van der Waals surface area contributed by atoms with E-state index in [1.54, 1.807) is 6.07 Å². The number of alkyl halides is 3. The molecule has 0 aliphatic heterocycles. The van der Waals surface area contributed by atoms with E-state index in [4.69, 9.17) is 4.74 Å². The van der Waals surface area contributed by atoms with E-state index < -0.39 is 35.0 Å². The molecule has 0 radical (unpaired) electrons. The average Bonchev–Trinajstić information content (AvgIpc) is 2.82. The summed E-state index contributed by atoms with van der Waals surface area (Å²) < 4.78 is 102. The predicted octanol–water partition coefficient (Wildman–Crippen LogP) is 9.05. The molecule has 194 valence electrons. The third kappa shape index (κ3) is 5.89. The largest absolute Gasteiger partial charge is 0.493 e. The Balaban J connectivity index is 1.55. The highest BCUT2D eigenvalue weighted by molar-refractivity contribution is 5.88. The molecule has 0 aliphatic rings. The van der Waals surface area contributed by atoms with Crippen LogP contribution in [0.1, 0.15) is 36.5 Å². The van der Waals surface area contributed by atoms with Crippen molar-refractivity contribution in [2.24, 2.45) is 0 Å². The molecule has 4 aromatic rings. The fourth-order valence-corrected chi connectivity index (χ4v) is 4.15. The molecule has 0 atom stereocenters. The molecule has 0 aliphatic carbocycles. The van der Waals surface area contributed by atoms with Crippen LogP contribution in [0.5, 0.6) is 5.75 Å². The molecular weight excluding hydrogens is 497 g/mol. The summed E-state index contributed by atoms with van der Waals surface area (Å²) in [5, 5.41) is 0.640. The number of aryl methyl sites for hydroxylation is 2. The maximum absolute atomic E-state index is 15.2. The Morgan fingerprint density at radius 2 is 1.49 bits per heavy atom. The molecule has 0 unspecified atom stereocenters. The van der Waals surface area contributed by atoms with Crippen molar-refractivity contribution in [3.8, 4) is 16.9 Å². The molecule has 4 rings (SSSR count). The first-order valence-corrected chi connectivity index (χ1v) is 11.8. The van der Waals surface area contributed by atoms with Crippen LogP contribution in [0.4, 0.5) is 30.7 Å². The second kappa shape index (κ2) is 10.8. The quantitative estimate of drug-likeness (QED) is 0.166. The predicted molar refractivity (Wildman–Crippen MR) is 128 cm³/mol. The van der Waals surface area contributed by atoms with Gasteiger partial charge >= 0.3 is 6.18 Å². The van der Waals surface area contributed by atoms with Crippen LogP contribution in [0.15, 0.2) is 60.7 Å². The number of hydrogen-bond donors (Lipinski definition) is 0. The molecule has 0 aromatic heterocycles. The van der Waals surface area contributed by atoms with Crippen LogP contribution in [-0.4, -0.2) is 6.61 Å². The highest BCUT2D eigenvalue weighted by Gasteiger charge is 2.33. The van der Waals surface area contributed by atoms with Gasteiger partial charge < -0.3 is 4.74 Å². The van der Waals surface area contributed by atoms with E-state index in [1.165, 1.54) is 30.3 Å². The first-order chi connectivity index (χ1) is 17.6. The van der Waals surface area contributed by atoms with Gasteiger partial charge in [-0.2, -0.15) is 13.2 Å². The summed E-state index contributed by atoms with van der Waals surface area (Å²) in [6.07, 6.45) is -2.91. The van der Waals surface area contributed by atoms with E-state index in [2.05, 4.69) is 0 Å². The van der Waals surface area contributed by atoms with Gasteiger partial charge in [0.2, 0.25) is 0 Å². The lowest BCUT2D eigenvalue weighted by Crippen LogP contribution is -2.08. The zero-order chi connectivity index (χ0) is 26.7. The summed E-state index contributed by atoms with van der Waals surface area (Å²) in [6.45, 7) is 2.32. The fraction of sp³-hybridized carbons (Fsp3) is 0.241. The van der Waals surface area contributed by atoms with Crippen LogP contribution in [0, 0.1) is 23.3 Å². The lowest BCUT2D eigenvalue weighted by Gasteiger charge is -2.12. The number of hydrogen-bond acceptors (Lipinski definition) is 1. The van der Waals surface area contributed by atoms with Crippen molar-refractivity contribution in [3.05, 3.63) is 101 Å². The van der Waals surface area contributed by atoms with Crippen molar-refractivity contribution in [2.45, 2.75) is 38.8 Å². The monoisotopic (exact) mass is 520 g/mol. The molecule has 0 heterocycles. The van der Waals surface area contributed by atoms with Gasteiger partial charge in [-0.05, 0) is 59.5 Å². The Hall–Kier alpha value is -3.55. The van der Waals surface area contributed by atoms with Gasteiger partial charge in [0.05, 0.1) is 17.7 Å². The SMILES string of the molecule is CCCCOc1cc(F)c(-c2ccc3c(F)c(CCc4ccc(C(F)(F)F)c(F)c4)ccc3c2)c(F)c1. The molecule has 0 N–H and O–H groups in total. The van der Waals surface area contributed by atoms with Crippen LogP contribution < -0.4 is 4.74 Å². The number of ether oxygens (including phenoxy) is 1. The molecule has 0 saturated heterocycles. The topological polar surface area (TPSA) is 9.23 Å². The van der Waals surface area contributed by atoms with Gasteiger partial charge in [0.25, 0.3) is 0 Å². The van der Waals surface area contributed by atoms with E-state index >= 15 is 4.39 Å². The van der Waals surface area contributed by atoms with E-state index in [-0.39, 0.29) is 40.7 Å². The van der Waals surface area contributed by atoms with Gasteiger partial charge in [-0.15, -0.1) is 0 Å². The maximum Gasteiger partial charge on any atom is 0.419 e. The summed E-state index contributed by atoms with van der Waals surface area (Å²) in [5.41, 5.74) is -0.788. The Kier molecular flexibility index (Phi) is 7.76. The van der Waals surface area contributed by atoms with Crippen molar-refractivity contribution in [3.63, 3.8) is 0 Å². The Morgan fingerprint density at radius 1 is 0.757 bits per heavy atom. The normalized spacial score (nSPS) is 11.8. The van der Waals surface area contributed by atoms with E-state index in [1.807, 2.05) is 6.92 Å². The lowest BCUT2D eigenvalue weighted by atomic mass is 9.96. The summed E-state index contributed by atoms with van der Waals surface area (Å²) >= 11 is 0. The number of rotatable bonds is 8. The average molecular weight is 520 g/mol. The second-order valence-corrected chi connectivity index (χ2v) is 8.75. The van der Waals surface area contributed by atoms with Crippen LogP contribution in [0.2, 0.25) is 0 Å². The second-order valence-electron chi connectivity index (χ2n) is 8.75. The third-order valence-corrected chi connectivity index (χ3v) is 6.13. The number of halogens is 7. The van der Waals surface area contributed by atoms with Crippen molar-refractivity contribution >= 4 is 10.8 Å². The molecule has 0 amide bonds. The van der Waals surface area contributed by atoms with Gasteiger partial charge in [-0.3, -0.25) is 0 Å². The molecule has 0 fully saturated rings. The first-order valence-electron chi connectivity index (χ1n) is 11.8.